The number of guanidine groups is 1. The predicted molar refractivity (Wildman–Crippen MR) is 104 cm³/mol. The highest BCUT2D eigenvalue weighted by Crippen LogP contribution is 2.13. The minimum absolute atomic E-state index is 0.636. The van der Waals surface area contributed by atoms with E-state index in [9.17, 15) is 0 Å². The van der Waals surface area contributed by atoms with Crippen molar-refractivity contribution in [3.8, 4) is 0 Å². The van der Waals surface area contributed by atoms with Crippen LogP contribution in [0.15, 0.2) is 35.3 Å². The molecule has 0 saturated carbocycles. The lowest BCUT2D eigenvalue weighted by molar-refractivity contribution is 0.309. The molecule has 0 aliphatic carbocycles. The summed E-state index contributed by atoms with van der Waals surface area (Å²) in [6.07, 6.45) is 3.68. The van der Waals surface area contributed by atoms with E-state index in [-0.39, 0.29) is 0 Å². The Balaban J connectivity index is 1.66. The molecule has 1 aromatic carbocycles. The van der Waals surface area contributed by atoms with Crippen molar-refractivity contribution in [1.29, 1.82) is 0 Å². The largest absolute Gasteiger partial charge is 0.372 e. The number of hydrogen-bond donors (Lipinski definition) is 2. The molecule has 2 rings (SSSR count). The summed E-state index contributed by atoms with van der Waals surface area (Å²) in [6, 6.07) is 11.3. The summed E-state index contributed by atoms with van der Waals surface area (Å²) in [5.41, 5.74) is 1.30. The van der Waals surface area contributed by atoms with Gasteiger partial charge in [-0.05, 0) is 51.9 Å². The van der Waals surface area contributed by atoms with Gasteiger partial charge in [0.05, 0.1) is 0 Å². The van der Waals surface area contributed by atoms with E-state index in [1.165, 1.54) is 25.1 Å². The van der Waals surface area contributed by atoms with Crippen molar-refractivity contribution in [3.63, 3.8) is 0 Å². The van der Waals surface area contributed by atoms with Crippen LogP contribution in [0.1, 0.15) is 26.2 Å². The molecule has 1 aliphatic heterocycles. The molecule has 2 N–H and O–H groups in total. The van der Waals surface area contributed by atoms with Crippen LogP contribution in [0.2, 0.25) is 0 Å². The van der Waals surface area contributed by atoms with Crippen LogP contribution in [-0.2, 0) is 0 Å². The Morgan fingerprint density at radius 3 is 2.71 bits per heavy atom. The third-order valence-corrected chi connectivity index (χ3v) is 4.80. The second-order valence-corrected chi connectivity index (χ2v) is 6.43. The normalized spacial score (nSPS) is 18.6. The first-order valence-electron chi connectivity index (χ1n) is 9.19. The van der Waals surface area contributed by atoms with E-state index in [4.69, 9.17) is 0 Å². The lowest BCUT2D eigenvalue weighted by atomic mass is 10.2. The van der Waals surface area contributed by atoms with Crippen molar-refractivity contribution in [3.05, 3.63) is 30.3 Å². The monoisotopic (exact) mass is 331 g/mol. The Labute approximate surface area is 147 Å². The van der Waals surface area contributed by atoms with Gasteiger partial charge in [-0.2, -0.15) is 0 Å². The zero-order chi connectivity index (χ0) is 17.2. The van der Waals surface area contributed by atoms with Gasteiger partial charge in [0, 0.05) is 45.0 Å². The summed E-state index contributed by atoms with van der Waals surface area (Å²) in [5, 5.41) is 6.89. The van der Waals surface area contributed by atoms with E-state index in [2.05, 4.69) is 69.7 Å². The van der Waals surface area contributed by atoms with Crippen LogP contribution in [0.25, 0.3) is 0 Å². The van der Waals surface area contributed by atoms with Crippen LogP contribution >= 0.6 is 0 Å². The van der Waals surface area contributed by atoms with Crippen LogP contribution < -0.4 is 15.5 Å². The van der Waals surface area contributed by atoms with Crippen LogP contribution in [-0.4, -0.2) is 63.7 Å². The van der Waals surface area contributed by atoms with Crippen molar-refractivity contribution in [2.75, 3.05) is 51.7 Å². The number of para-hydroxylation sites is 1. The Morgan fingerprint density at radius 2 is 2.08 bits per heavy atom. The minimum Gasteiger partial charge on any atom is -0.372 e. The van der Waals surface area contributed by atoms with E-state index in [1.807, 2.05) is 7.05 Å². The van der Waals surface area contributed by atoms with Crippen LogP contribution in [0.5, 0.6) is 0 Å². The summed E-state index contributed by atoms with van der Waals surface area (Å²) in [7, 11) is 4.05. The molecule has 5 nitrogen and oxygen atoms in total. The molecule has 24 heavy (non-hydrogen) atoms. The molecule has 0 bridgehead atoms. The number of rotatable bonds is 8. The van der Waals surface area contributed by atoms with Gasteiger partial charge >= 0.3 is 0 Å². The van der Waals surface area contributed by atoms with Crippen molar-refractivity contribution >= 4 is 11.6 Å². The molecule has 1 atom stereocenters. The lowest BCUT2D eigenvalue weighted by Crippen LogP contribution is -2.44. The number of nitrogens with one attached hydrogen (secondary N) is 2. The summed E-state index contributed by atoms with van der Waals surface area (Å²) in [5.74, 6) is 0.915. The van der Waals surface area contributed by atoms with Gasteiger partial charge in [0.15, 0.2) is 5.96 Å². The maximum atomic E-state index is 4.33. The van der Waals surface area contributed by atoms with Gasteiger partial charge in [-0.1, -0.05) is 18.2 Å². The number of likely N-dealkylation sites (N-methyl/N-ethyl adjacent to an activating group) is 1. The molecule has 1 heterocycles. The van der Waals surface area contributed by atoms with Gasteiger partial charge in [0.1, 0.15) is 0 Å². The highest BCUT2D eigenvalue weighted by atomic mass is 15.2. The average molecular weight is 332 g/mol. The lowest BCUT2D eigenvalue weighted by Gasteiger charge is -2.24. The maximum Gasteiger partial charge on any atom is 0.191 e. The third-order valence-electron chi connectivity index (χ3n) is 4.80. The molecule has 0 radical (unpaired) electrons. The maximum absolute atomic E-state index is 4.33. The Kier molecular flexibility index (Phi) is 7.89. The van der Waals surface area contributed by atoms with Crippen molar-refractivity contribution in [2.45, 2.75) is 32.2 Å². The number of anilines is 1. The molecule has 0 amide bonds. The average Bonchev–Trinajstić information content (AvgIpc) is 3.03. The molecular formula is C19H33N5. The topological polar surface area (TPSA) is 42.9 Å². The van der Waals surface area contributed by atoms with Crippen molar-refractivity contribution in [1.82, 2.24) is 15.5 Å². The van der Waals surface area contributed by atoms with E-state index < -0.39 is 0 Å². The van der Waals surface area contributed by atoms with Gasteiger partial charge in [-0.25, -0.2) is 0 Å². The molecule has 1 unspecified atom stereocenters. The SMILES string of the molecule is CCN(CCCNC(=NC)NCC1CCCN1C)c1ccccc1. The van der Waals surface area contributed by atoms with E-state index in [1.54, 1.807) is 0 Å². The van der Waals surface area contributed by atoms with Crippen molar-refractivity contribution < 1.29 is 0 Å². The van der Waals surface area contributed by atoms with E-state index >= 15 is 0 Å². The first kappa shape index (κ1) is 18.6. The Hall–Kier alpha value is -1.75. The number of benzene rings is 1. The highest BCUT2D eigenvalue weighted by molar-refractivity contribution is 5.79. The van der Waals surface area contributed by atoms with E-state index in [0.717, 1.165) is 38.6 Å². The molecular weight excluding hydrogens is 298 g/mol. The van der Waals surface area contributed by atoms with Crippen molar-refractivity contribution in [2.24, 2.45) is 4.99 Å². The minimum atomic E-state index is 0.636. The number of nitrogens with zero attached hydrogens (tertiary/aromatic N) is 3. The van der Waals surface area contributed by atoms with Gasteiger partial charge in [0.2, 0.25) is 0 Å². The molecule has 134 valence electrons. The summed E-state index contributed by atoms with van der Waals surface area (Å²) in [6.45, 7) is 7.41. The smallest absolute Gasteiger partial charge is 0.191 e. The van der Waals surface area contributed by atoms with Crippen LogP contribution in [0.3, 0.4) is 0 Å². The summed E-state index contributed by atoms with van der Waals surface area (Å²) < 4.78 is 0. The Morgan fingerprint density at radius 1 is 1.29 bits per heavy atom. The standard InChI is InChI=1S/C19H33N5/c1-4-24(17-10-6-5-7-11-17)15-9-13-21-19(20-2)22-16-18-12-8-14-23(18)3/h5-7,10-11,18H,4,8-9,12-16H2,1-3H3,(H2,20,21,22). The second kappa shape index (κ2) is 10.2. The third kappa shape index (κ3) is 5.71. The number of hydrogen-bond acceptors (Lipinski definition) is 3. The van der Waals surface area contributed by atoms with Gasteiger partial charge < -0.3 is 20.4 Å². The quantitative estimate of drug-likeness (QED) is 0.435. The van der Waals surface area contributed by atoms with Crippen LogP contribution in [0, 0.1) is 0 Å². The second-order valence-electron chi connectivity index (χ2n) is 6.43. The van der Waals surface area contributed by atoms with E-state index in [0.29, 0.717) is 6.04 Å². The Bertz CT molecular complexity index is 488. The van der Waals surface area contributed by atoms with Gasteiger partial charge in [-0.3, -0.25) is 4.99 Å². The predicted octanol–water partition coefficient (Wildman–Crippen LogP) is 2.16. The molecule has 1 aliphatic rings. The van der Waals surface area contributed by atoms with Gasteiger partial charge in [-0.15, -0.1) is 0 Å². The zero-order valence-corrected chi connectivity index (χ0v) is 15.5. The molecule has 0 aromatic heterocycles. The molecule has 1 aromatic rings. The number of likely N-dealkylation sites (tertiary alicyclic amines) is 1. The molecule has 1 saturated heterocycles. The first-order chi connectivity index (χ1) is 11.7. The molecule has 0 spiro atoms. The summed E-state index contributed by atoms with van der Waals surface area (Å²) >= 11 is 0. The van der Waals surface area contributed by atoms with Gasteiger partial charge in [0.25, 0.3) is 0 Å². The fourth-order valence-corrected chi connectivity index (χ4v) is 3.26. The molecule has 1 fully saturated rings. The summed E-state index contributed by atoms with van der Waals surface area (Å²) in [4.78, 5) is 9.17. The fourth-order valence-electron chi connectivity index (χ4n) is 3.26. The zero-order valence-electron chi connectivity index (χ0n) is 15.5. The fraction of sp³-hybridized carbons (Fsp3) is 0.632. The first-order valence-corrected chi connectivity index (χ1v) is 9.19. The highest BCUT2D eigenvalue weighted by Gasteiger charge is 2.20. The van der Waals surface area contributed by atoms with Crippen LogP contribution in [0.4, 0.5) is 5.69 Å². The number of aliphatic imine (C=N–C) groups is 1. The molecule has 5 heteroatoms.